The highest BCUT2D eigenvalue weighted by atomic mass is 32.2. The second kappa shape index (κ2) is 14.2. The summed E-state index contributed by atoms with van der Waals surface area (Å²) in [5.41, 5.74) is 5.64. The van der Waals surface area contributed by atoms with E-state index in [1.165, 1.54) is 5.56 Å². The first-order chi connectivity index (χ1) is 17.6. The van der Waals surface area contributed by atoms with Crippen LogP contribution in [0.4, 0.5) is 0 Å². The number of aliphatic carboxylic acids is 1. The maximum atomic E-state index is 13.3. The zero-order valence-electron chi connectivity index (χ0n) is 22.5. The molecule has 3 aromatic rings. The Labute approximate surface area is 232 Å². The van der Waals surface area contributed by atoms with Gasteiger partial charge in [-0.1, -0.05) is 68.1 Å². The molecule has 0 fully saturated rings. The van der Waals surface area contributed by atoms with Gasteiger partial charge in [-0.15, -0.1) is 0 Å². The fourth-order valence-electron chi connectivity index (χ4n) is 4.43. The van der Waals surface area contributed by atoms with Crippen LogP contribution in [0.2, 0.25) is 0 Å². The van der Waals surface area contributed by atoms with E-state index < -0.39 is 12.0 Å². The van der Waals surface area contributed by atoms with Crippen LogP contribution in [-0.4, -0.2) is 52.5 Å². The van der Waals surface area contributed by atoms with Gasteiger partial charge in [-0.2, -0.15) is 11.8 Å². The summed E-state index contributed by atoms with van der Waals surface area (Å²) in [7, 11) is 2.13. The molecule has 3 rings (SSSR count). The molecule has 204 valence electrons. The standard InChI is InChI=1S/C31H38N2O3S.CH4/c1-22-11-9-10-14-25(22)27-19-24(21-33(4)31(2,3)20-23-12-7-6-8-13-23)15-16-26(27)29(34)32-28(30(35)36)17-18-37-5;/h6-16,19,28H,17-18,20-21H2,1-5H3,(H,32,34)(H,35,36);1H4/t28-;/m0./s1. The molecule has 0 saturated carbocycles. The van der Waals surface area contributed by atoms with Gasteiger partial charge in [0, 0.05) is 17.6 Å². The van der Waals surface area contributed by atoms with Crippen LogP contribution < -0.4 is 5.32 Å². The van der Waals surface area contributed by atoms with Gasteiger partial charge in [0.15, 0.2) is 0 Å². The van der Waals surface area contributed by atoms with E-state index in [1.54, 1.807) is 11.8 Å². The number of carboxylic acids is 1. The van der Waals surface area contributed by atoms with Crippen molar-refractivity contribution in [3.05, 3.63) is 95.1 Å². The quantitative estimate of drug-likeness (QED) is 0.271. The number of carbonyl (C=O) groups excluding carboxylic acids is 1. The Morgan fingerprint density at radius 3 is 2.26 bits per heavy atom. The highest BCUT2D eigenvalue weighted by Crippen LogP contribution is 2.30. The van der Waals surface area contributed by atoms with E-state index in [2.05, 4.69) is 61.4 Å². The smallest absolute Gasteiger partial charge is 0.326 e. The number of benzene rings is 3. The molecule has 0 unspecified atom stereocenters. The van der Waals surface area contributed by atoms with Crippen LogP contribution in [0.5, 0.6) is 0 Å². The van der Waals surface area contributed by atoms with Gasteiger partial charge in [0.2, 0.25) is 0 Å². The van der Waals surface area contributed by atoms with Crippen molar-refractivity contribution < 1.29 is 14.7 Å². The summed E-state index contributed by atoms with van der Waals surface area (Å²) in [6.45, 7) is 7.22. The maximum absolute atomic E-state index is 13.3. The number of hydrogen-bond donors (Lipinski definition) is 2. The summed E-state index contributed by atoms with van der Waals surface area (Å²) in [5, 5.41) is 12.4. The molecular weight excluding hydrogens is 492 g/mol. The van der Waals surface area contributed by atoms with E-state index in [-0.39, 0.29) is 18.9 Å². The molecule has 2 N–H and O–H groups in total. The van der Waals surface area contributed by atoms with Crippen molar-refractivity contribution >= 4 is 23.6 Å². The highest BCUT2D eigenvalue weighted by Gasteiger charge is 2.26. The molecule has 1 amide bonds. The van der Waals surface area contributed by atoms with E-state index in [0.717, 1.165) is 28.7 Å². The number of hydrogen-bond acceptors (Lipinski definition) is 4. The van der Waals surface area contributed by atoms with Crippen LogP contribution in [0.1, 0.15) is 54.7 Å². The molecule has 0 saturated heterocycles. The summed E-state index contributed by atoms with van der Waals surface area (Å²) in [6, 6.07) is 23.4. The molecule has 0 aliphatic carbocycles. The van der Waals surface area contributed by atoms with Crippen LogP contribution in [0.15, 0.2) is 72.8 Å². The van der Waals surface area contributed by atoms with Crippen molar-refractivity contribution in [2.75, 3.05) is 19.1 Å². The molecule has 6 heteroatoms. The largest absolute Gasteiger partial charge is 0.480 e. The minimum atomic E-state index is -1.02. The van der Waals surface area contributed by atoms with Gasteiger partial charge in [0.25, 0.3) is 5.91 Å². The fraction of sp³-hybridized carbons (Fsp3) is 0.375. The lowest BCUT2D eigenvalue weighted by atomic mass is 9.91. The van der Waals surface area contributed by atoms with Crippen molar-refractivity contribution in [3.8, 4) is 11.1 Å². The van der Waals surface area contributed by atoms with Crippen LogP contribution in [-0.2, 0) is 17.8 Å². The number of thioether (sulfide) groups is 1. The molecule has 0 aliphatic rings. The predicted octanol–water partition coefficient (Wildman–Crippen LogP) is 6.69. The number of aryl methyl sites for hydroxylation is 1. The van der Waals surface area contributed by atoms with Crippen molar-refractivity contribution in [3.63, 3.8) is 0 Å². The molecule has 0 aliphatic heterocycles. The normalized spacial score (nSPS) is 12.1. The van der Waals surface area contributed by atoms with Gasteiger partial charge in [0.1, 0.15) is 6.04 Å². The van der Waals surface area contributed by atoms with E-state index in [9.17, 15) is 14.7 Å². The van der Waals surface area contributed by atoms with E-state index in [0.29, 0.717) is 24.3 Å². The molecule has 5 nitrogen and oxygen atoms in total. The SMILES string of the molecule is C.CSCC[C@H](NC(=O)c1ccc(CN(C)C(C)(C)Cc2ccccc2)cc1-c1ccccc1C)C(=O)O. The van der Waals surface area contributed by atoms with E-state index >= 15 is 0 Å². The molecule has 3 aromatic carbocycles. The highest BCUT2D eigenvalue weighted by molar-refractivity contribution is 7.98. The molecular formula is C32H42N2O3S. The number of rotatable bonds is 12. The third-order valence-corrected chi connectivity index (χ3v) is 7.55. The summed E-state index contributed by atoms with van der Waals surface area (Å²) >= 11 is 1.56. The Kier molecular flexibility index (Phi) is 11.6. The van der Waals surface area contributed by atoms with Gasteiger partial charge >= 0.3 is 5.97 Å². The van der Waals surface area contributed by atoms with Gasteiger partial charge in [0.05, 0.1) is 0 Å². The third-order valence-electron chi connectivity index (χ3n) is 6.91. The summed E-state index contributed by atoms with van der Waals surface area (Å²) < 4.78 is 0. The first-order valence-corrected chi connectivity index (χ1v) is 14.0. The van der Waals surface area contributed by atoms with E-state index in [1.807, 2.05) is 55.6 Å². The zero-order chi connectivity index (χ0) is 27.0. The lowest BCUT2D eigenvalue weighted by Gasteiger charge is -2.36. The second-order valence-electron chi connectivity index (χ2n) is 10.2. The van der Waals surface area contributed by atoms with Crippen molar-refractivity contribution in [2.24, 2.45) is 0 Å². The van der Waals surface area contributed by atoms with Crippen LogP contribution in [0.25, 0.3) is 11.1 Å². The van der Waals surface area contributed by atoms with Gasteiger partial charge in [-0.3, -0.25) is 9.69 Å². The Morgan fingerprint density at radius 2 is 1.63 bits per heavy atom. The molecule has 0 radical (unpaired) electrons. The Morgan fingerprint density at radius 1 is 0.974 bits per heavy atom. The summed E-state index contributed by atoms with van der Waals surface area (Å²) in [6.07, 6.45) is 3.22. The minimum absolute atomic E-state index is 0. The number of carboxylic acid groups (broad SMARTS) is 1. The monoisotopic (exact) mass is 534 g/mol. The average Bonchev–Trinajstić information content (AvgIpc) is 2.86. The molecule has 38 heavy (non-hydrogen) atoms. The van der Waals surface area contributed by atoms with Gasteiger partial charge in [-0.05, 0) is 92.6 Å². The molecule has 0 heterocycles. The maximum Gasteiger partial charge on any atom is 0.326 e. The van der Waals surface area contributed by atoms with Gasteiger partial charge in [-0.25, -0.2) is 4.79 Å². The average molecular weight is 535 g/mol. The van der Waals surface area contributed by atoms with Gasteiger partial charge < -0.3 is 10.4 Å². The lowest BCUT2D eigenvalue weighted by molar-refractivity contribution is -0.139. The predicted molar refractivity (Wildman–Crippen MR) is 161 cm³/mol. The Balaban J connectivity index is 0.00000507. The molecule has 1 atom stereocenters. The third kappa shape index (κ3) is 8.20. The van der Waals surface area contributed by atoms with Crippen LogP contribution in [0, 0.1) is 6.92 Å². The first-order valence-electron chi connectivity index (χ1n) is 12.6. The fourth-order valence-corrected chi connectivity index (χ4v) is 4.90. The molecule has 0 bridgehead atoms. The van der Waals surface area contributed by atoms with Crippen molar-refractivity contribution in [2.45, 2.75) is 59.2 Å². The van der Waals surface area contributed by atoms with Crippen LogP contribution >= 0.6 is 11.8 Å². The number of carbonyl (C=O) groups is 2. The van der Waals surface area contributed by atoms with E-state index in [4.69, 9.17) is 0 Å². The summed E-state index contributed by atoms with van der Waals surface area (Å²) in [5.74, 6) is -0.721. The number of likely N-dealkylation sites (N-methyl/N-ethyl adjacent to an activating group) is 1. The topological polar surface area (TPSA) is 69.6 Å². The molecule has 0 aromatic heterocycles. The molecule has 0 spiro atoms. The minimum Gasteiger partial charge on any atom is -0.480 e. The Bertz CT molecular complexity index is 1210. The number of nitrogens with one attached hydrogen (secondary N) is 1. The second-order valence-corrected chi connectivity index (χ2v) is 11.2. The number of nitrogens with zero attached hydrogens (tertiary/aromatic N) is 1. The van der Waals surface area contributed by atoms with Crippen molar-refractivity contribution in [1.29, 1.82) is 0 Å². The van der Waals surface area contributed by atoms with Crippen LogP contribution in [0.3, 0.4) is 0 Å². The Hall–Kier alpha value is -3.09. The summed E-state index contributed by atoms with van der Waals surface area (Å²) in [4.78, 5) is 27.4. The zero-order valence-corrected chi connectivity index (χ0v) is 23.3. The lowest BCUT2D eigenvalue weighted by Crippen LogP contribution is -2.42. The number of amides is 1. The van der Waals surface area contributed by atoms with Crippen molar-refractivity contribution in [1.82, 2.24) is 10.2 Å². The first kappa shape index (κ1) is 31.1.